The molecule has 0 bridgehead atoms. The molecule has 2 aromatic rings. The summed E-state index contributed by atoms with van der Waals surface area (Å²) in [5, 5.41) is 0.617. The first kappa shape index (κ1) is 11.4. The molecule has 0 unspecified atom stereocenters. The van der Waals surface area contributed by atoms with E-state index in [1.54, 1.807) is 30.3 Å². The monoisotopic (exact) mass is 300 g/mol. The summed E-state index contributed by atoms with van der Waals surface area (Å²) in [6.07, 6.45) is 0. The van der Waals surface area contributed by atoms with E-state index in [4.69, 9.17) is 16.3 Å². The summed E-state index contributed by atoms with van der Waals surface area (Å²) < 4.78 is 18.9. The number of hydrogen-bond acceptors (Lipinski definition) is 1. The molecule has 0 radical (unpaired) electrons. The molecule has 4 heteroatoms. The topological polar surface area (TPSA) is 9.23 Å². The number of ether oxygens (including phenoxy) is 1. The summed E-state index contributed by atoms with van der Waals surface area (Å²) >= 11 is 9.15. The molecule has 2 aromatic carbocycles. The van der Waals surface area contributed by atoms with Crippen LogP contribution in [-0.2, 0) is 0 Å². The van der Waals surface area contributed by atoms with Crippen molar-refractivity contribution in [3.63, 3.8) is 0 Å². The highest BCUT2D eigenvalue weighted by Gasteiger charge is 2.01. The van der Waals surface area contributed by atoms with Crippen LogP contribution in [-0.4, -0.2) is 0 Å². The van der Waals surface area contributed by atoms with Crippen LogP contribution in [0.25, 0.3) is 0 Å². The van der Waals surface area contributed by atoms with Crippen molar-refractivity contribution in [1.82, 2.24) is 0 Å². The molecule has 0 heterocycles. The normalized spacial score (nSPS) is 10.2. The van der Waals surface area contributed by atoms with Crippen LogP contribution in [0.5, 0.6) is 11.5 Å². The van der Waals surface area contributed by atoms with Crippen molar-refractivity contribution in [2.75, 3.05) is 0 Å². The number of benzene rings is 2. The van der Waals surface area contributed by atoms with E-state index >= 15 is 0 Å². The maximum Gasteiger partial charge on any atom is 0.128 e. The zero-order valence-corrected chi connectivity index (χ0v) is 10.4. The summed E-state index contributed by atoms with van der Waals surface area (Å²) in [6.45, 7) is 0. The number of hydrogen-bond donors (Lipinski definition) is 0. The maximum atomic E-state index is 12.7. The summed E-state index contributed by atoms with van der Waals surface area (Å²) in [7, 11) is 0. The van der Waals surface area contributed by atoms with E-state index in [9.17, 15) is 4.39 Å². The smallest absolute Gasteiger partial charge is 0.128 e. The second-order valence-electron chi connectivity index (χ2n) is 3.13. The first-order valence-electron chi connectivity index (χ1n) is 4.53. The fourth-order valence-corrected chi connectivity index (χ4v) is 1.65. The van der Waals surface area contributed by atoms with Gasteiger partial charge in [-0.25, -0.2) is 4.39 Å². The minimum absolute atomic E-state index is 0.287. The predicted molar refractivity (Wildman–Crippen MR) is 65.6 cm³/mol. The Kier molecular flexibility index (Phi) is 3.46. The zero-order chi connectivity index (χ0) is 11.5. The minimum atomic E-state index is -0.287. The van der Waals surface area contributed by atoms with Crippen LogP contribution in [0.3, 0.4) is 0 Å². The van der Waals surface area contributed by atoms with E-state index in [1.165, 1.54) is 12.1 Å². The highest BCUT2D eigenvalue weighted by molar-refractivity contribution is 9.10. The molecule has 0 aliphatic rings. The third-order valence-electron chi connectivity index (χ3n) is 1.94. The van der Waals surface area contributed by atoms with Gasteiger partial charge in [0.05, 0.1) is 5.02 Å². The Morgan fingerprint density at radius 1 is 1.00 bits per heavy atom. The van der Waals surface area contributed by atoms with Gasteiger partial charge in [-0.1, -0.05) is 11.6 Å². The van der Waals surface area contributed by atoms with E-state index < -0.39 is 0 Å². The molecule has 0 atom stereocenters. The Balaban J connectivity index is 2.20. The lowest BCUT2D eigenvalue weighted by Crippen LogP contribution is -1.84. The minimum Gasteiger partial charge on any atom is -0.457 e. The van der Waals surface area contributed by atoms with Crippen molar-refractivity contribution in [3.8, 4) is 11.5 Å². The van der Waals surface area contributed by atoms with Crippen LogP contribution in [0, 0.1) is 5.82 Å². The molecule has 16 heavy (non-hydrogen) atoms. The lowest BCUT2D eigenvalue weighted by atomic mass is 10.3. The van der Waals surface area contributed by atoms with Crippen molar-refractivity contribution in [3.05, 3.63) is 57.8 Å². The molecule has 0 saturated heterocycles. The van der Waals surface area contributed by atoms with Gasteiger partial charge in [0.2, 0.25) is 0 Å². The molecule has 0 saturated carbocycles. The van der Waals surface area contributed by atoms with Crippen molar-refractivity contribution >= 4 is 27.5 Å². The average molecular weight is 302 g/mol. The third kappa shape index (κ3) is 2.74. The van der Waals surface area contributed by atoms with Crippen molar-refractivity contribution < 1.29 is 9.13 Å². The van der Waals surface area contributed by atoms with Gasteiger partial charge in [-0.3, -0.25) is 0 Å². The highest BCUT2D eigenvalue weighted by atomic mass is 79.9. The van der Waals surface area contributed by atoms with Gasteiger partial charge in [-0.2, -0.15) is 0 Å². The van der Waals surface area contributed by atoms with Gasteiger partial charge in [0.15, 0.2) is 0 Å². The van der Waals surface area contributed by atoms with Gasteiger partial charge in [-0.15, -0.1) is 0 Å². The Bertz CT molecular complexity index is 499. The molecule has 0 fully saturated rings. The van der Waals surface area contributed by atoms with Gasteiger partial charge in [0, 0.05) is 4.47 Å². The van der Waals surface area contributed by atoms with Crippen LogP contribution in [0.1, 0.15) is 0 Å². The van der Waals surface area contributed by atoms with Crippen molar-refractivity contribution in [1.29, 1.82) is 0 Å². The van der Waals surface area contributed by atoms with Gasteiger partial charge in [0.25, 0.3) is 0 Å². The quantitative estimate of drug-likeness (QED) is 0.755. The summed E-state index contributed by atoms with van der Waals surface area (Å²) in [4.78, 5) is 0. The first-order chi connectivity index (χ1) is 7.65. The molecule has 1 nitrogen and oxygen atoms in total. The van der Waals surface area contributed by atoms with E-state index in [-0.39, 0.29) is 5.82 Å². The van der Waals surface area contributed by atoms with E-state index in [1.807, 2.05) is 0 Å². The fourth-order valence-electron chi connectivity index (χ4n) is 1.18. The molecule has 2 rings (SSSR count). The third-order valence-corrected chi connectivity index (χ3v) is 3.15. The summed E-state index contributed by atoms with van der Waals surface area (Å²) in [5.74, 6) is 0.933. The summed E-state index contributed by atoms with van der Waals surface area (Å²) in [6, 6.07) is 11.1. The molecule has 0 aromatic heterocycles. The van der Waals surface area contributed by atoms with Crippen LogP contribution in [0.2, 0.25) is 5.02 Å². The van der Waals surface area contributed by atoms with Crippen LogP contribution in [0.15, 0.2) is 46.9 Å². The maximum absolute atomic E-state index is 12.7. The SMILES string of the molecule is Fc1ccc(Oc2ccc(Cl)c(Br)c2)cc1. The van der Waals surface area contributed by atoms with Gasteiger partial charge >= 0.3 is 0 Å². The van der Waals surface area contributed by atoms with E-state index in [0.717, 1.165) is 4.47 Å². The van der Waals surface area contributed by atoms with Crippen LogP contribution in [0.4, 0.5) is 4.39 Å². The van der Waals surface area contributed by atoms with Gasteiger partial charge in [0.1, 0.15) is 17.3 Å². The number of rotatable bonds is 2. The molecule has 0 aliphatic carbocycles. The first-order valence-corrected chi connectivity index (χ1v) is 5.71. The molecule has 0 spiro atoms. The predicted octanol–water partition coefficient (Wildman–Crippen LogP) is 5.03. The lowest BCUT2D eigenvalue weighted by Gasteiger charge is -2.06. The summed E-state index contributed by atoms with van der Waals surface area (Å²) in [5.41, 5.74) is 0. The fraction of sp³-hybridized carbons (Fsp3) is 0. The largest absolute Gasteiger partial charge is 0.457 e. The average Bonchev–Trinajstić information content (AvgIpc) is 2.27. The zero-order valence-electron chi connectivity index (χ0n) is 8.08. The van der Waals surface area contributed by atoms with Gasteiger partial charge in [-0.05, 0) is 58.4 Å². The second kappa shape index (κ2) is 4.85. The Morgan fingerprint density at radius 2 is 1.62 bits per heavy atom. The molecule has 0 N–H and O–H groups in total. The van der Waals surface area contributed by atoms with Crippen molar-refractivity contribution in [2.45, 2.75) is 0 Å². The second-order valence-corrected chi connectivity index (χ2v) is 4.39. The Hall–Kier alpha value is -1.06. The van der Waals surface area contributed by atoms with E-state index in [2.05, 4.69) is 15.9 Å². The molecule has 82 valence electrons. The van der Waals surface area contributed by atoms with Crippen molar-refractivity contribution in [2.24, 2.45) is 0 Å². The Morgan fingerprint density at radius 3 is 2.25 bits per heavy atom. The van der Waals surface area contributed by atoms with Crippen LogP contribution >= 0.6 is 27.5 Å². The highest BCUT2D eigenvalue weighted by Crippen LogP contribution is 2.29. The molecular formula is C12H7BrClFO. The molecule has 0 amide bonds. The van der Waals surface area contributed by atoms with Crippen LogP contribution < -0.4 is 4.74 Å². The lowest BCUT2D eigenvalue weighted by molar-refractivity contribution is 0.480. The Labute approximate surface area is 106 Å². The van der Waals surface area contributed by atoms with Gasteiger partial charge < -0.3 is 4.74 Å². The van der Waals surface area contributed by atoms with E-state index in [0.29, 0.717) is 16.5 Å². The standard InChI is InChI=1S/C12H7BrClFO/c13-11-7-10(5-6-12(11)14)16-9-3-1-8(15)2-4-9/h1-7H. The molecule has 0 aliphatic heterocycles. The molecular weight excluding hydrogens is 294 g/mol. The number of halogens is 3.